The summed E-state index contributed by atoms with van der Waals surface area (Å²) in [6.45, 7) is 0. The van der Waals surface area contributed by atoms with Crippen LogP contribution in [0.15, 0.2) is 48.5 Å². The van der Waals surface area contributed by atoms with Crippen molar-refractivity contribution in [2.24, 2.45) is 0 Å². The number of benzene rings is 2. The molecule has 5 nitrogen and oxygen atoms in total. The van der Waals surface area contributed by atoms with Crippen LogP contribution in [0.5, 0.6) is 23.0 Å². The Morgan fingerprint density at radius 2 is 1.65 bits per heavy atom. The van der Waals surface area contributed by atoms with Crippen LogP contribution in [0.2, 0.25) is 0 Å². The molecule has 0 radical (unpaired) electrons. The van der Waals surface area contributed by atoms with Gasteiger partial charge >= 0.3 is 5.97 Å². The standard InChI is InChI=1S/C15H12O5/c16-11-3-5-12(6-4-11)20-15(19)8-2-10-1-7-13(17)14(18)9-10/h1-9,16-18H/b8-2+. The van der Waals surface area contributed by atoms with Crippen molar-refractivity contribution in [2.75, 3.05) is 0 Å². The molecule has 0 saturated carbocycles. The molecule has 2 rings (SSSR count). The topological polar surface area (TPSA) is 87.0 Å². The number of carbonyl (C=O) groups excluding carboxylic acids is 1. The predicted octanol–water partition coefficient (Wildman–Crippen LogP) is 2.42. The Bertz CT molecular complexity index is 644. The average Bonchev–Trinajstić information content (AvgIpc) is 2.43. The molecule has 5 heteroatoms. The SMILES string of the molecule is O=C(/C=C/c1ccc(O)c(O)c1)Oc1ccc(O)cc1. The number of carbonyl (C=O) groups is 1. The van der Waals surface area contributed by atoms with E-state index in [2.05, 4.69) is 0 Å². The second-order valence-corrected chi connectivity index (χ2v) is 4.00. The third-order valence-corrected chi connectivity index (χ3v) is 2.47. The molecule has 0 bridgehead atoms. The number of phenols is 3. The summed E-state index contributed by atoms with van der Waals surface area (Å²) in [6, 6.07) is 9.93. The van der Waals surface area contributed by atoms with Gasteiger partial charge in [0, 0.05) is 6.08 Å². The number of esters is 1. The molecule has 0 amide bonds. The van der Waals surface area contributed by atoms with Gasteiger partial charge in [-0.2, -0.15) is 0 Å². The number of ether oxygens (including phenoxy) is 1. The van der Waals surface area contributed by atoms with Gasteiger partial charge in [-0.3, -0.25) is 0 Å². The number of aromatic hydroxyl groups is 3. The van der Waals surface area contributed by atoms with Gasteiger partial charge in [0.25, 0.3) is 0 Å². The van der Waals surface area contributed by atoms with Gasteiger partial charge < -0.3 is 20.1 Å². The summed E-state index contributed by atoms with van der Waals surface area (Å²) in [5.41, 5.74) is 0.544. The van der Waals surface area contributed by atoms with E-state index in [0.717, 1.165) is 0 Å². The van der Waals surface area contributed by atoms with E-state index in [4.69, 9.17) is 14.9 Å². The third kappa shape index (κ3) is 3.52. The third-order valence-electron chi connectivity index (χ3n) is 2.47. The fraction of sp³-hybridized carbons (Fsp3) is 0. The smallest absolute Gasteiger partial charge is 0.336 e. The molecule has 0 aliphatic carbocycles. The summed E-state index contributed by atoms with van der Waals surface area (Å²) in [5.74, 6) is -0.693. The number of phenolic OH excluding ortho intramolecular Hbond substituents is 3. The van der Waals surface area contributed by atoms with Gasteiger partial charge in [-0.25, -0.2) is 4.79 Å². The largest absolute Gasteiger partial charge is 0.508 e. The summed E-state index contributed by atoms with van der Waals surface area (Å²) < 4.78 is 5.00. The van der Waals surface area contributed by atoms with Crippen molar-refractivity contribution >= 4 is 12.0 Å². The van der Waals surface area contributed by atoms with Gasteiger partial charge in [0.15, 0.2) is 11.5 Å². The first-order chi connectivity index (χ1) is 9.54. The summed E-state index contributed by atoms with van der Waals surface area (Å²) in [5, 5.41) is 27.5. The van der Waals surface area contributed by atoms with Crippen LogP contribution in [0.3, 0.4) is 0 Å². The molecule has 0 atom stereocenters. The maximum absolute atomic E-state index is 11.5. The van der Waals surface area contributed by atoms with Crippen LogP contribution in [0, 0.1) is 0 Å². The normalized spacial score (nSPS) is 10.6. The fourth-order valence-electron chi connectivity index (χ4n) is 1.47. The van der Waals surface area contributed by atoms with E-state index in [1.165, 1.54) is 48.6 Å². The van der Waals surface area contributed by atoms with Gasteiger partial charge in [-0.05, 0) is 48.0 Å². The molecule has 0 aliphatic rings. The van der Waals surface area contributed by atoms with Crippen LogP contribution in [-0.2, 0) is 4.79 Å². The number of hydrogen-bond acceptors (Lipinski definition) is 5. The van der Waals surface area contributed by atoms with E-state index in [1.54, 1.807) is 6.07 Å². The van der Waals surface area contributed by atoms with Crippen molar-refractivity contribution in [1.82, 2.24) is 0 Å². The summed E-state index contributed by atoms with van der Waals surface area (Å²) in [7, 11) is 0. The second-order valence-electron chi connectivity index (χ2n) is 4.00. The predicted molar refractivity (Wildman–Crippen MR) is 72.5 cm³/mol. The molecular formula is C15H12O5. The van der Waals surface area contributed by atoms with E-state index in [0.29, 0.717) is 11.3 Å². The van der Waals surface area contributed by atoms with E-state index < -0.39 is 5.97 Å². The first-order valence-corrected chi connectivity index (χ1v) is 5.75. The highest BCUT2D eigenvalue weighted by Gasteiger charge is 2.02. The number of rotatable bonds is 3. The molecule has 0 saturated heterocycles. The van der Waals surface area contributed by atoms with E-state index in [1.807, 2.05) is 0 Å². The van der Waals surface area contributed by atoms with E-state index in [-0.39, 0.29) is 17.2 Å². The van der Waals surface area contributed by atoms with Crippen LogP contribution in [0.1, 0.15) is 5.56 Å². The van der Waals surface area contributed by atoms with Crippen molar-refractivity contribution in [3.63, 3.8) is 0 Å². The molecule has 0 unspecified atom stereocenters. The Hall–Kier alpha value is -2.95. The van der Waals surface area contributed by atoms with Gasteiger partial charge in [0.1, 0.15) is 11.5 Å². The van der Waals surface area contributed by atoms with Gasteiger partial charge in [0.2, 0.25) is 0 Å². The lowest BCUT2D eigenvalue weighted by atomic mass is 10.2. The van der Waals surface area contributed by atoms with Gasteiger partial charge in [0.05, 0.1) is 0 Å². The van der Waals surface area contributed by atoms with Crippen LogP contribution in [0.4, 0.5) is 0 Å². The molecule has 0 aromatic heterocycles. The molecule has 0 spiro atoms. The molecule has 0 fully saturated rings. The number of hydrogen-bond donors (Lipinski definition) is 3. The van der Waals surface area contributed by atoms with Crippen LogP contribution < -0.4 is 4.74 Å². The molecule has 3 N–H and O–H groups in total. The molecule has 0 heterocycles. The maximum Gasteiger partial charge on any atom is 0.336 e. The zero-order valence-corrected chi connectivity index (χ0v) is 10.4. The van der Waals surface area contributed by atoms with Gasteiger partial charge in [-0.1, -0.05) is 6.07 Å². The van der Waals surface area contributed by atoms with Crippen molar-refractivity contribution in [2.45, 2.75) is 0 Å². The summed E-state index contributed by atoms with van der Waals surface area (Å²) in [4.78, 5) is 11.5. The molecular weight excluding hydrogens is 260 g/mol. The monoisotopic (exact) mass is 272 g/mol. The van der Waals surface area contributed by atoms with Crippen molar-refractivity contribution < 1.29 is 24.9 Å². The Kier molecular flexibility index (Phi) is 3.91. The van der Waals surface area contributed by atoms with Crippen molar-refractivity contribution in [1.29, 1.82) is 0 Å². The van der Waals surface area contributed by atoms with Gasteiger partial charge in [-0.15, -0.1) is 0 Å². The highest BCUT2D eigenvalue weighted by atomic mass is 16.5. The highest BCUT2D eigenvalue weighted by Crippen LogP contribution is 2.25. The fourth-order valence-corrected chi connectivity index (χ4v) is 1.47. The average molecular weight is 272 g/mol. The van der Waals surface area contributed by atoms with Crippen LogP contribution in [0.25, 0.3) is 6.08 Å². The molecule has 2 aromatic carbocycles. The Balaban J connectivity index is 2.01. The van der Waals surface area contributed by atoms with Crippen LogP contribution in [-0.4, -0.2) is 21.3 Å². The highest BCUT2D eigenvalue weighted by molar-refractivity contribution is 5.88. The van der Waals surface area contributed by atoms with E-state index in [9.17, 15) is 9.90 Å². The molecule has 102 valence electrons. The minimum Gasteiger partial charge on any atom is -0.508 e. The zero-order chi connectivity index (χ0) is 14.5. The first kappa shape index (κ1) is 13.5. The zero-order valence-electron chi connectivity index (χ0n) is 10.4. The minimum atomic E-state index is -0.594. The lowest BCUT2D eigenvalue weighted by Gasteiger charge is -2.01. The lowest BCUT2D eigenvalue weighted by molar-refractivity contribution is -0.128. The van der Waals surface area contributed by atoms with Crippen LogP contribution >= 0.6 is 0 Å². The summed E-state index contributed by atoms with van der Waals surface area (Å²) in [6.07, 6.45) is 2.64. The molecule has 0 aliphatic heterocycles. The van der Waals surface area contributed by atoms with Crippen molar-refractivity contribution in [3.05, 3.63) is 54.1 Å². The van der Waals surface area contributed by atoms with E-state index >= 15 is 0 Å². The first-order valence-electron chi connectivity index (χ1n) is 5.75. The van der Waals surface area contributed by atoms with Crippen molar-refractivity contribution in [3.8, 4) is 23.0 Å². The minimum absolute atomic E-state index is 0.0832. The molecule has 2 aromatic rings. The lowest BCUT2D eigenvalue weighted by Crippen LogP contribution is -2.03. The Labute approximate surface area is 115 Å². The quantitative estimate of drug-likeness (QED) is 0.346. The Morgan fingerprint density at radius 3 is 2.30 bits per heavy atom. The summed E-state index contributed by atoms with van der Waals surface area (Å²) >= 11 is 0. The second kappa shape index (κ2) is 5.79. The molecule has 20 heavy (non-hydrogen) atoms. The Morgan fingerprint density at radius 1 is 0.950 bits per heavy atom. The maximum atomic E-state index is 11.5.